The van der Waals surface area contributed by atoms with Crippen molar-refractivity contribution in [3.05, 3.63) is 135 Å². The van der Waals surface area contributed by atoms with Crippen LogP contribution in [0.2, 0.25) is 0 Å². The van der Waals surface area contributed by atoms with Crippen LogP contribution in [0.5, 0.6) is 0 Å². The first-order valence-corrected chi connectivity index (χ1v) is 13.3. The number of rotatable bonds is 6. The van der Waals surface area contributed by atoms with Crippen LogP contribution in [0.4, 0.5) is 0 Å². The first-order valence-electron chi connectivity index (χ1n) is 13.3. The Kier molecular flexibility index (Phi) is 6.68. The van der Waals surface area contributed by atoms with E-state index in [1.165, 1.54) is 0 Å². The van der Waals surface area contributed by atoms with E-state index in [1.807, 2.05) is 48.5 Å². The molecule has 0 aliphatic carbocycles. The van der Waals surface area contributed by atoms with Gasteiger partial charge < -0.3 is 0 Å². The summed E-state index contributed by atoms with van der Waals surface area (Å²) in [7, 11) is 0. The maximum Gasteiger partial charge on any atom is 0.102 e. The Bertz CT molecular complexity index is 1800. The van der Waals surface area contributed by atoms with Crippen LogP contribution >= 0.6 is 0 Å². The van der Waals surface area contributed by atoms with Gasteiger partial charge in [0.2, 0.25) is 0 Å². The van der Waals surface area contributed by atoms with Gasteiger partial charge in [0, 0.05) is 83.0 Å². The molecule has 0 atom stereocenters. The third kappa shape index (κ3) is 5.00. The van der Waals surface area contributed by atoms with Gasteiger partial charge in [0.25, 0.3) is 0 Å². The minimum absolute atomic E-state index is 0.744. The summed E-state index contributed by atoms with van der Waals surface area (Å²) in [6.45, 7) is 0. The smallest absolute Gasteiger partial charge is 0.102 e. The van der Waals surface area contributed by atoms with Crippen molar-refractivity contribution < 1.29 is 0 Å². The summed E-state index contributed by atoms with van der Waals surface area (Å²) < 4.78 is 0. The number of pyridine rings is 4. The minimum Gasteiger partial charge on any atom is -0.264 e. The Labute approximate surface area is 241 Å². The van der Waals surface area contributed by atoms with Crippen molar-refractivity contribution in [2.75, 3.05) is 0 Å². The van der Waals surface area contributed by atoms with Crippen LogP contribution < -0.4 is 0 Å². The minimum atomic E-state index is 0.744. The number of nitrogens with zero attached hydrogens (tertiary/aromatic N) is 8. The molecule has 0 amide bonds. The van der Waals surface area contributed by atoms with E-state index < -0.39 is 0 Å². The SMILES string of the molecule is c1cncc(-c2cc(-c3ccc(-c4cc(-c5cccnc5)nnc4-c4cccnc4)cc3)c(-c3cccnc3)nn2)c1. The largest absolute Gasteiger partial charge is 0.264 e. The molecule has 6 aromatic heterocycles. The molecule has 8 nitrogen and oxygen atoms in total. The van der Waals surface area contributed by atoms with Crippen molar-refractivity contribution in [1.82, 2.24) is 40.3 Å². The van der Waals surface area contributed by atoms with Crippen LogP contribution in [0.25, 0.3) is 67.3 Å². The fourth-order valence-corrected chi connectivity index (χ4v) is 4.80. The molecule has 6 heterocycles. The topological polar surface area (TPSA) is 103 Å². The second-order valence-corrected chi connectivity index (χ2v) is 9.53. The zero-order chi connectivity index (χ0) is 28.1. The lowest BCUT2D eigenvalue weighted by Crippen LogP contribution is -1.97. The van der Waals surface area contributed by atoms with E-state index in [0.29, 0.717) is 0 Å². The third-order valence-electron chi connectivity index (χ3n) is 6.88. The van der Waals surface area contributed by atoms with Crippen molar-refractivity contribution in [3.8, 4) is 67.3 Å². The second-order valence-electron chi connectivity index (χ2n) is 9.53. The lowest BCUT2D eigenvalue weighted by Gasteiger charge is -2.13. The molecule has 0 aliphatic rings. The maximum atomic E-state index is 4.63. The molecule has 0 saturated heterocycles. The van der Waals surface area contributed by atoms with Crippen LogP contribution in [-0.4, -0.2) is 40.3 Å². The summed E-state index contributed by atoms with van der Waals surface area (Å²) >= 11 is 0. The predicted octanol–water partition coefficient (Wildman–Crippen LogP) is 6.85. The van der Waals surface area contributed by atoms with Crippen molar-refractivity contribution in [1.29, 1.82) is 0 Å². The van der Waals surface area contributed by atoms with Crippen LogP contribution in [0.15, 0.2) is 135 Å². The van der Waals surface area contributed by atoms with Gasteiger partial charge in [0.15, 0.2) is 0 Å². The quantitative estimate of drug-likeness (QED) is 0.225. The molecule has 0 aliphatic heterocycles. The molecule has 0 N–H and O–H groups in total. The standard InChI is InChI=1S/C34H22N8/c1-5-25(19-35-13-1)31-17-29(33(41-39-31)27-7-3-15-37-21-27)23-9-11-24(12-10-23)30-18-32(26-6-2-14-36-20-26)40-42-34(30)28-8-4-16-38-22-28/h1-22H. The van der Waals surface area contributed by atoms with Gasteiger partial charge in [-0.2, -0.15) is 0 Å². The Morgan fingerprint density at radius 2 is 0.690 bits per heavy atom. The molecule has 7 aromatic rings. The third-order valence-corrected chi connectivity index (χ3v) is 6.88. The molecule has 8 heteroatoms. The van der Waals surface area contributed by atoms with Crippen molar-refractivity contribution >= 4 is 0 Å². The van der Waals surface area contributed by atoms with Gasteiger partial charge in [-0.05, 0) is 71.8 Å². The summed E-state index contributed by atoms with van der Waals surface area (Å²) in [5, 5.41) is 18.3. The van der Waals surface area contributed by atoms with Gasteiger partial charge in [-0.3, -0.25) is 19.9 Å². The van der Waals surface area contributed by atoms with Gasteiger partial charge in [-0.15, -0.1) is 20.4 Å². The highest BCUT2D eigenvalue weighted by molar-refractivity contribution is 5.86. The molecule has 0 spiro atoms. The highest BCUT2D eigenvalue weighted by Crippen LogP contribution is 2.36. The van der Waals surface area contributed by atoms with E-state index in [0.717, 1.165) is 67.3 Å². The van der Waals surface area contributed by atoms with Crippen LogP contribution in [0, 0.1) is 0 Å². The summed E-state index contributed by atoms with van der Waals surface area (Å²) in [5.41, 5.74) is 10.4. The zero-order valence-electron chi connectivity index (χ0n) is 22.3. The molecule has 198 valence electrons. The van der Waals surface area contributed by atoms with Gasteiger partial charge in [-0.1, -0.05) is 24.3 Å². The fourth-order valence-electron chi connectivity index (χ4n) is 4.80. The average molecular weight is 543 g/mol. The van der Waals surface area contributed by atoms with E-state index >= 15 is 0 Å². The second kappa shape index (κ2) is 11.2. The Morgan fingerprint density at radius 3 is 1.02 bits per heavy atom. The van der Waals surface area contributed by atoms with E-state index in [9.17, 15) is 0 Å². The number of benzene rings is 1. The van der Waals surface area contributed by atoms with E-state index in [4.69, 9.17) is 0 Å². The Balaban J connectivity index is 1.35. The van der Waals surface area contributed by atoms with Crippen molar-refractivity contribution in [2.24, 2.45) is 0 Å². The molecule has 0 radical (unpaired) electrons. The molecule has 7 rings (SSSR count). The van der Waals surface area contributed by atoms with Crippen LogP contribution in [0.3, 0.4) is 0 Å². The number of hydrogen-bond acceptors (Lipinski definition) is 8. The number of hydrogen-bond donors (Lipinski definition) is 0. The predicted molar refractivity (Wildman–Crippen MR) is 161 cm³/mol. The molecule has 0 unspecified atom stereocenters. The van der Waals surface area contributed by atoms with E-state index in [-0.39, 0.29) is 0 Å². The summed E-state index contributed by atoms with van der Waals surface area (Å²) in [6.07, 6.45) is 14.2. The lowest BCUT2D eigenvalue weighted by molar-refractivity contribution is 1.04. The van der Waals surface area contributed by atoms with E-state index in [2.05, 4.69) is 76.7 Å². The van der Waals surface area contributed by atoms with Crippen molar-refractivity contribution in [3.63, 3.8) is 0 Å². The van der Waals surface area contributed by atoms with Crippen molar-refractivity contribution in [2.45, 2.75) is 0 Å². The molecule has 1 aromatic carbocycles. The molecule has 42 heavy (non-hydrogen) atoms. The van der Waals surface area contributed by atoms with Crippen LogP contribution in [-0.2, 0) is 0 Å². The fraction of sp³-hybridized carbons (Fsp3) is 0. The summed E-state index contributed by atoms with van der Waals surface area (Å²) in [5.74, 6) is 0. The zero-order valence-corrected chi connectivity index (χ0v) is 22.3. The maximum absolute atomic E-state index is 4.63. The highest BCUT2D eigenvalue weighted by atomic mass is 15.1. The Hall–Kier alpha value is -6.02. The lowest BCUT2D eigenvalue weighted by atomic mass is 9.95. The first kappa shape index (κ1) is 25.0. The molecule has 0 fully saturated rings. The van der Waals surface area contributed by atoms with Gasteiger partial charge >= 0.3 is 0 Å². The van der Waals surface area contributed by atoms with Gasteiger partial charge in [0.05, 0.1) is 11.4 Å². The summed E-state index contributed by atoms with van der Waals surface area (Å²) in [6, 6.07) is 28.0. The molecular formula is C34H22N8. The number of aromatic nitrogens is 8. The summed E-state index contributed by atoms with van der Waals surface area (Å²) in [4.78, 5) is 17.1. The highest BCUT2D eigenvalue weighted by Gasteiger charge is 2.16. The monoisotopic (exact) mass is 542 g/mol. The molecular weight excluding hydrogens is 520 g/mol. The van der Waals surface area contributed by atoms with Gasteiger partial charge in [-0.25, -0.2) is 0 Å². The van der Waals surface area contributed by atoms with E-state index in [1.54, 1.807) is 49.6 Å². The first-order chi connectivity index (χ1) is 20.8. The molecule has 0 saturated carbocycles. The van der Waals surface area contributed by atoms with Crippen LogP contribution in [0.1, 0.15) is 0 Å². The average Bonchev–Trinajstić information content (AvgIpc) is 3.09. The van der Waals surface area contributed by atoms with Gasteiger partial charge in [0.1, 0.15) is 11.4 Å². The molecule has 0 bridgehead atoms. The normalized spacial score (nSPS) is 10.9. The Morgan fingerprint density at radius 1 is 0.333 bits per heavy atom.